The summed E-state index contributed by atoms with van der Waals surface area (Å²) >= 11 is 0. The number of carbonyl (C=O) groups excluding carboxylic acids is 1. The van der Waals surface area contributed by atoms with Crippen molar-refractivity contribution < 1.29 is 32.2 Å². The van der Waals surface area contributed by atoms with E-state index in [0.29, 0.717) is 37.2 Å². The molecule has 2 aromatic rings. The Kier molecular flexibility index (Phi) is 9.27. The van der Waals surface area contributed by atoms with Crippen molar-refractivity contribution in [2.75, 3.05) is 44.4 Å². The van der Waals surface area contributed by atoms with Gasteiger partial charge in [-0.25, -0.2) is 4.79 Å². The van der Waals surface area contributed by atoms with Crippen LogP contribution in [0.1, 0.15) is 46.3 Å². The lowest BCUT2D eigenvalue weighted by Gasteiger charge is -2.22. The van der Waals surface area contributed by atoms with E-state index in [4.69, 9.17) is 14.2 Å². The number of hydrogen-bond donors (Lipinski definition) is 1. The normalized spacial score (nSPS) is 16.2. The van der Waals surface area contributed by atoms with Crippen LogP contribution in [0.4, 0.5) is 18.9 Å². The molecule has 5 rings (SSSR count). The number of esters is 1. The van der Waals surface area contributed by atoms with Crippen LogP contribution in [0, 0.1) is 11.3 Å². The van der Waals surface area contributed by atoms with Gasteiger partial charge < -0.3 is 24.4 Å². The number of carbonyl (C=O) groups is 1. The van der Waals surface area contributed by atoms with Crippen molar-refractivity contribution in [3.63, 3.8) is 0 Å². The zero-order valence-corrected chi connectivity index (χ0v) is 23.6. The average molecular weight is 592 g/mol. The number of ether oxygens (including phenoxy) is 3. The first-order chi connectivity index (χ1) is 20.8. The Morgan fingerprint density at radius 1 is 1.07 bits per heavy atom. The van der Waals surface area contributed by atoms with E-state index in [0.717, 1.165) is 49.0 Å². The topological polar surface area (TPSA) is 83.8 Å². The van der Waals surface area contributed by atoms with Crippen LogP contribution in [0.5, 0.6) is 0 Å². The standard InChI is InChI=1S/C33H32F3N3O4/c34-33(35,36)23-43-29-10-5-4-9-28(29)41-18-14-38-32(12-13-32)21-24-19-26-11-16-39(30(26)27(20-24)22-37)15-6-17-42-31(40)25-7-2-1-3-8-25/h1-3,7-10,19-20,38H,6,11-18,21,23H2. The minimum atomic E-state index is -4.45. The second-order valence-electron chi connectivity index (χ2n) is 10.8. The molecule has 0 spiro atoms. The molecule has 0 unspecified atom stereocenters. The molecule has 0 aromatic heterocycles. The van der Waals surface area contributed by atoms with Gasteiger partial charge in [-0.1, -0.05) is 35.7 Å². The zero-order valence-electron chi connectivity index (χ0n) is 23.6. The van der Waals surface area contributed by atoms with E-state index < -0.39 is 12.8 Å². The number of benzene rings is 2. The maximum atomic E-state index is 12.5. The highest BCUT2D eigenvalue weighted by Crippen LogP contribution is 2.41. The predicted octanol–water partition coefficient (Wildman–Crippen LogP) is 5.52. The van der Waals surface area contributed by atoms with Crippen molar-refractivity contribution in [3.8, 4) is 6.07 Å². The third-order valence-electron chi connectivity index (χ3n) is 7.53. The third-order valence-corrected chi connectivity index (χ3v) is 7.53. The molecule has 2 aliphatic carbocycles. The van der Waals surface area contributed by atoms with Crippen molar-refractivity contribution in [3.05, 3.63) is 99.9 Å². The van der Waals surface area contributed by atoms with Crippen LogP contribution < -0.4 is 10.2 Å². The van der Waals surface area contributed by atoms with Gasteiger partial charge in [0.2, 0.25) is 0 Å². The largest absolute Gasteiger partial charge is 0.488 e. The smallest absolute Gasteiger partial charge is 0.422 e. The van der Waals surface area contributed by atoms with Crippen LogP contribution >= 0.6 is 0 Å². The number of nitrogens with one attached hydrogen (secondary N) is 1. The minimum Gasteiger partial charge on any atom is -0.488 e. The number of hydrogen-bond acceptors (Lipinski definition) is 7. The molecule has 1 fully saturated rings. The fourth-order valence-electron chi connectivity index (χ4n) is 5.36. The maximum Gasteiger partial charge on any atom is 0.422 e. The van der Waals surface area contributed by atoms with Crippen LogP contribution in [0.25, 0.3) is 0 Å². The lowest BCUT2D eigenvalue weighted by atomic mass is 9.97. The molecular formula is C33H32F3N3O4. The minimum absolute atomic E-state index is 0.0263. The van der Waals surface area contributed by atoms with Gasteiger partial charge in [0.05, 0.1) is 23.4 Å². The Hall–Kier alpha value is -4.41. The third kappa shape index (κ3) is 8.12. The van der Waals surface area contributed by atoms with Gasteiger partial charge in [-0.15, -0.1) is 0 Å². The summed E-state index contributed by atoms with van der Waals surface area (Å²) in [6.45, 7) is 1.14. The average Bonchev–Trinajstić information content (AvgIpc) is 3.64. The molecule has 1 saturated carbocycles. The highest BCUT2D eigenvalue weighted by molar-refractivity contribution is 5.89. The summed E-state index contributed by atoms with van der Waals surface area (Å²) < 4.78 is 53.6. The van der Waals surface area contributed by atoms with E-state index in [1.165, 1.54) is 12.2 Å². The highest BCUT2D eigenvalue weighted by Gasteiger charge is 2.42. The van der Waals surface area contributed by atoms with Gasteiger partial charge in [0, 0.05) is 37.3 Å². The van der Waals surface area contributed by atoms with Gasteiger partial charge in [0.25, 0.3) is 0 Å². The summed E-state index contributed by atoms with van der Waals surface area (Å²) in [5, 5.41) is 13.5. The summed E-state index contributed by atoms with van der Waals surface area (Å²) in [6.07, 6.45) is 2.47. The van der Waals surface area contributed by atoms with Gasteiger partial charge in [-0.2, -0.15) is 18.4 Å². The molecular weight excluding hydrogens is 559 g/mol. The monoisotopic (exact) mass is 591 g/mol. The molecule has 1 N–H and O–H groups in total. The molecule has 43 heavy (non-hydrogen) atoms. The Morgan fingerprint density at radius 2 is 1.81 bits per heavy atom. The Balaban J connectivity index is 1.11. The van der Waals surface area contributed by atoms with Crippen molar-refractivity contribution in [2.24, 2.45) is 0 Å². The van der Waals surface area contributed by atoms with Crippen molar-refractivity contribution in [2.45, 2.75) is 43.8 Å². The Labute approximate surface area is 248 Å². The summed E-state index contributed by atoms with van der Waals surface area (Å²) in [6, 6.07) is 15.4. The van der Waals surface area contributed by atoms with Crippen molar-refractivity contribution >= 4 is 11.7 Å². The second-order valence-corrected chi connectivity index (χ2v) is 10.8. The first-order valence-electron chi connectivity index (χ1n) is 14.3. The summed E-state index contributed by atoms with van der Waals surface area (Å²) in [7, 11) is 0. The number of rotatable bonds is 14. The lowest BCUT2D eigenvalue weighted by Crippen LogP contribution is -2.36. The fraction of sp³-hybridized carbons (Fsp3) is 0.394. The number of nitrogens with zero attached hydrogens (tertiary/aromatic N) is 2. The molecule has 7 nitrogen and oxygen atoms in total. The van der Waals surface area contributed by atoms with Crippen LogP contribution in [0.3, 0.4) is 0 Å². The summed E-state index contributed by atoms with van der Waals surface area (Å²) in [4.78, 5) is 14.4. The van der Waals surface area contributed by atoms with Gasteiger partial charge in [-0.05, 0) is 61.4 Å². The second kappa shape index (κ2) is 13.3. The highest BCUT2D eigenvalue weighted by atomic mass is 19.4. The molecule has 3 aliphatic rings. The number of nitriles is 1. The maximum absolute atomic E-state index is 12.5. The predicted molar refractivity (Wildman–Crippen MR) is 153 cm³/mol. The summed E-state index contributed by atoms with van der Waals surface area (Å²) in [5.74, 6) is -0.177. The van der Waals surface area contributed by atoms with E-state index in [1.807, 2.05) is 12.1 Å². The lowest BCUT2D eigenvalue weighted by molar-refractivity contribution is -0.164. The van der Waals surface area contributed by atoms with Gasteiger partial charge in [-0.3, -0.25) is 0 Å². The molecule has 0 saturated heterocycles. The molecule has 0 bridgehead atoms. The number of fused-ring (bicyclic) bond motifs is 1. The molecule has 0 radical (unpaired) electrons. The molecule has 0 amide bonds. The number of allylic oxidation sites excluding steroid dienone is 2. The molecule has 10 heteroatoms. The number of alkyl halides is 3. The molecule has 1 aliphatic heterocycles. The van der Waals surface area contributed by atoms with E-state index in [2.05, 4.69) is 33.8 Å². The van der Waals surface area contributed by atoms with Crippen LogP contribution in [0.15, 0.2) is 77.6 Å². The van der Waals surface area contributed by atoms with Crippen molar-refractivity contribution in [1.82, 2.24) is 5.32 Å². The van der Waals surface area contributed by atoms with Crippen LogP contribution in [0.2, 0.25) is 0 Å². The zero-order chi connectivity index (χ0) is 30.3. The fourth-order valence-corrected chi connectivity index (χ4v) is 5.36. The van der Waals surface area contributed by atoms with Crippen LogP contribution in [-0.2, 0) is 27.1 Å². The quantitative estimate of drug-likeness (QED) is 0.176. The van der Waals surface area contributed by atoms with Gasteiger partial charge in [0.1, 0.15) is 12.7 Å². The molecule has 1 heterocycles. The number of anilines is 1. The van der Waals surface area contributed by atoms with E-state index in [9.17, 15) is 23.2 Å². The summed E-state index contributed by atoms with van der Waals surface area (Å²) in [5.41, 5.74) is 9.55. The van der Waals surface area contributed by atoms with Crippen molar-refractivity contribution in [1.29, 1.82) is 5.26 Å². The molecule has 2 aromatic carbocycles. The number of halogens is 3. The molecule has 224 valence electrons. The SMILES string of the molecule is N#Cc1cc(CC2(NCCOC3=C(OCC(F)(F)F)C=C=C=C3)CC2)cc2c1N(CCCOC(=O)c1ccccc1)CC2. The molecule has 0 atom stereocenters. The van der Waals surface area contributed by atoms with Crippen LogP contribution in [-0.4, -0.2) is 57.1 Å². The first-order valence-corrected chi connectivity index (χ1v) is 14.3. The van der Waals surface area contributed by atoms with Gasteiger partial charge >= 0.3 is 12.1 Å². The van der Waals surface area contributed by atoms with E-state index >= 15 is 0 Å². The van der Waals surface area contributed by atoms with Gasteiger partial charge in [0.15, 0.2) is 18.1 Å². The first kappa shape index (κ1) is 30.1. The Morgan fingerprint density at radius 3 is 2.51 bits per heavy atom. The van der Waals surface area contributed by atoms with E-state index in [1.54, 1.807) is 24.3 Å². The Bertz CT molecular complexity index is 1510. The van der Waals surface area contributed by atoms with E-state index in [-0.39, 0.29) is 29.6 Å².